The van der Waals surface area contributed by atoms with Crippen LogP contribution in [0.1, 0.15) is 115 Å². The topological polar surface area (TPSA) is 41.6 Å². The van der Waals surface area contributed by atoms with Crippen LogP contribution < -0.4 is 10.1 Å². The minimum atomic E-state index is 0.00957. The van der Waals surface area contributed by atoms with E-state index in [9.17, 15) is 4.79 Å². The van der Waals surface area contributed by atoms with Gasteiger partial charge in [-0.3, -0.25) is 4.79 Å². The molecule has 0 bridgehead atoms. The Morgan fingerprint density at radius 3 is 2.08 bits per heavy atom. The molecule has 1 amide bonds. The number of aryl methyl sites for hydroxylation is 1. The Labute approximate surface area is 221 Å². The number of unbranched alkanes of at least 4 members (excludes halogenated alkanes) is 13. The summed E-state index contributed by atoms with van der Waals surface area (Å²) in [5, 5.41) is 3.06. The number of allylic oxidation sites excluding steroid dienone is 2. The Morgan fingerprint density at radius 1 is 0.889 bits per heavy atom. The predicted octanol–water partition coefficient (Wildman–Crippen LogP) is 8.25. The molecule has 0 fully saturated rings. The van der Waals surface area contributed by atoms with Crippen LogP contribution in [-0.2, 0) is 11.3 Å². The van der Waals surface area contributed by atoms with Crippen LogP contribution in [0.15, 0.2) is 42.1 Å². The lowest BCUT2D eigenvalue weighted by Gasteiger charge is -2.22. The molecular weight excluding hydrogens is 444 g/mol. The minimum absolute atomic E-state index is 0.00957. The summed E-state index contributed by atoms with van der Waals surface area (Å²) in [6.07, 6.45) is 25.1. The van der Waals surface area contributed by atoms with E-state index in [1.54, 1.807) is 0 Å². The summed E-state index contributed by atoms with van der Waals surface area (Å²) in [5.41, 5.74) is 3.10. The molecule has 0 saturated heterocycles. The molecule has 0 unspecified atom stereocenters. The van der Waals surface area contributed by atoms with Crippen LogP contribution >= 0.6 is 0 Å². The molecule has 0 saturated carbocycles. The first kappa shape index (κ1) is 30.0. The van der Waals surface area contributed by atoms with Gasteiger partial charge in [0.25, 0.3) is 0 Å². The monoisotopic (exact) mass is 496 g/mol. The Kier molecular flexibility index (Phi) is 15.8. The predicted molar refractivity (Wildman–Crippen MR) is 153 cm³/mol. The van der Waals surface area contributed by atoms with Gasteiger partial charge in [0.1, 0.15) is 5.75 Å². The third-order valence-corrected chi connectivity index (χ3v) is 7.19. The Hall–Kier alpha value is -2.23. The Bertz CT molecular complexity index is 799. The van der Waals surface area contributed by atoms with E-state index in [1.807, 2.05) is 24.4 Å². The number of benzene rings is 1. The molecular formula is C32H52N2O2. The number of carbonyl (C=O) groups is 1. The third-order valence-electron chi connectivity index (χ3n) is 7.19. The maximum Gasteiger partial charge on any atom is 0.249 e. The molecule has 0 aliphatic carbocycles. The Morgan fingerprint density at radius 2 is 1.50 bits per heavy atom. The lowest BCUT2D eigenvalue weighted by molar-refractivity contribution is -0.117. The van der Waals surface area contributed by atoms with Gasteiger partial charge in [0.05, 0.1) is 6.61 Å². The Balaban J connectivity index is 1.49. The van der Waals surface area contributed by atoms with Crippen LogP contribution in [0.2, 0.25) is 0 Å². The van der Waals surface area contributed by atoms with Crippen LogP contribution in [0.5, 0.6) is 5.75 Å². The molecule has 1 N–H and O–H groups in total. The van der Waals surface area contributed by atoms with E-state index >= 15 is 0 Å². The smallest absolute Gasteiger partial charge is 0.249 e. The fraction of sp³-hybridized carbons (Fsp3) is 0.656. The van der Waals surface area contributed by atoms with Gasteiger partial charge in [-0.05, 0) is 55.8 Å². The summed E-state index contributed by atoms with van der Waals surface area (Å²) in [6.45, 7) is 9.36. The number of nitrogens with one attached hydrogen (secondary N) is 1. The van der Waals surface area contributed by atoms with Gasteiger partial charge < -0.3 is 15.0 Å². The highest BCUT2D eigenvalue weighted by Crippen LogP contribution is 2.19. The van der Waals surface area contributed by atoms with Gasteiger partial charge in [-0.1, -0.05) is 103 Å². The van der Waals surface area contributed by atoms with Crippen LogP contribution in [0.4, 0.5) is 0 Å². The first-order chi connectivity index (χ1) is 17.6. The first-order valence-corrected chi connectivity index (χ1v) is 14.8. The zero-order chi connectivity index (χ0) is 25.8. The molecule has 1 aliphatic heterocycles. The summed E-state index contributed by atoms with van der Waals surface area (Å²) in [6, 6.07) is 6.19. The van der Waals surface area contributed by atoms with Crippen molar-refractivity contribution in [3.8, 4) is 5.75 Å². The normalized spacial score (nSPS) is 13.1. The van der Waals surface area contributed by atoms with Crippen molar-refractivity contribution in [2.75, 3.05) is 19.7 Å². The number of nitrogens with zero attached hydrogens (tertiary/aromatic N) is 1. The third kappa shape index (κ3) is 12.6. The maximum absolute atomic E-state index is 12.5. The second-order valence-corrected chi connectivity index (χ2v) is 10.3. The highest BCUT2D eigenvalue weighted by Gasteiger charge is 2.14. The van der Waals surface area contributed by atoms with Gasteiger partial charge in [-0.15, -0.1) is 0 Å². The molecule has 0 aromatic heterocycles. The quantitative estimate of drug-likeness (QED) is 0.185. The zero-order valence-electron chi connectivity index (χ0n) is 23.5. The molecule has 0 atom stereocenters. The van der Waals surface area contributed by atoms with E-state index in [0.29, 0.717) is 13.1 Å². The fourth-order valence-electron chi connectivity index (χ4n) is 4.70. The van der Waals surface area contributed by atoms with E-state index in [1.165, 1.54) is 83.5 Å². The van der Waals surface area contributed by atoms with Crippen molar-refractivity contribution in [1.82, 2.24) is 10.2 Å². The van der Waals surface area contributed by atoms with Gasteiger partial charge in [-0.2, -0.15) is 0 Å². The lowest BCUT2D eigenvalue weighted by atomic mass is 10.0. The number of likely N-dealkylation sites (N-methyl/N-ethyl adjacent to an activating group) is 1. The summed E-state index contributed by atoms with van der Waals surface area (Å²) in [5.74, 6) is 0.936. The number of amides is 1. The van der Waals surface area contributed by atoms with Gasteiger partial charge in [0.15, 0.2) is 0 Å². The van der Waals surface area contributed by atoms with Crippen molar-refractivity contribution in [2.45, 2.75) is 117 Å². The average molecular weight is 497 g/mol. The van der Waals surface area contributed by atoms with Crippen molar-refractivity contribution >= 4 is 5.91 Å². The maximum atomic E-state index is 12.5. The molecule has 202 valence electrons. The van der Waals surface area contributed by atoms with E-state index in [2.05, 4.69) is 43.1 Å². The van der Waals surface area contributed by atoms with Gasteiger partial charge in [0.2, 0.25) is 5.91 Å². The van der Waals surface area contributed by atoms with Gasteiger partial charge in [0, 0.05) is 25.2 Å². The number of hydrogen-bond acceptors (Lipinski definition) is 3. The fourth-order valence-corrected chi connectivity index (χ4v) is 4.70. The van der Waals surface area contributed by atoms with E-state index < -0.39 is 0 Å². The summed E-state index contributed by atoms with van der Waals surface area (Å²) in [7, 11) is 0. The minimum Gasteiger partial charge on any atom is -0.494 e. The van der Waals surface area contributed by atoms with Crippen molar-refractivity contribution in [1.29, 1.82) is 0 Å². The zero-order valence-corrected chi connectivity index (χ0v) is 23.5. The second kappa shape index (κ2) is 19.0. The molecule has 36 heavy (non-hydrogen) atoms. The first-order valence-electron chi connectivity index (χ1n) is 14.8. The van der Waals surface area contributed by atoms with E-state index in [-0.39, 0.29) is 5.91 Å². The standard InChI is InChI=1S/C32H52N2O2/c1-4-6-7-8-9-10-11-12-13-14-15-16-17-18-24-36-31-22-21-29(28(3)25-31)26-33-32(35)30-20-19-23-34(5-2)27-30/h19-23,25H,4-18,24,26-27H2,1-3H3,(H,33,35). The highest BCUT2D eigenvalue weighted by atomic mass is 16.5. The van der Waals surface area contributed by atoms with Crippen LogP contribution in [0.3, 0.4) is 0 Å². The van der Waals surface area contributed by atoms with Crippen molar-refractivity contribution in [2.24, 2.45) is 0 Å². The number of carbonyl (C=O) groups excluding carboxylic acids is 1. The molecule has 0 spiro atoms. The van der Waals surface area contributed by atoms with E-state index in [4.69, 9.17) is 4.74 Å². The molecule has 4 heteroatoms. The van der Waals surface area contributed by atoms with Crippen LogP contribution in [-0.4, -0.2) is 30.5 Å². The van der Waals surface area contributed by atoms with Crippen LogP contribution in [0.25, 0.3) is 0 Å². The lowest BCUT2D eigenvalue weighted by Crippen LogP contribution is -2.32. The molecule has 1 heterocycles. The SMILES string of the molecule is CCCCCCCCCCCCCCCCOc1ccc(CNC(=O)C2=CC=CN(CC)C2)c(C)c1. The molecule has 4 nitrogen and oxygen atoms in total. The molecule has 0 radical (unpaired) electrons. The number of hydrogen-bond donors (Lipinski definition) is 1. The molecule has 1 aliphatic rings. The summed E-state index contributed by atoms with van der Waals surface area (Å²) >= 11 is 0. The van der Waals surface area contributed by atoms with Crippen molar-refractivity contribution < 1.29 is 9.53 Å². The average Bonchev–Trinajstić information content (AvgIpc) is 2.90. The van der Waals surface area contributed by atoms with Gasteiger partial charge >= 0.3 is 0 Å². The second-order valence-electron chi connectivity index (χ2n) is 10.3. The van der Waals surface area contributed by atoms with Crippen molar-refractivity contribution in [3.63, 3.8) is 0 Å². The molecule has 2 rings (SSSR count). The summed E-state index contributed by atoms with van der Waals surface area (Å²) in [4.78, 5) is 14.6. The number of rotatable bonds is 20. The van der Waals surface area contributed by atoms with E-state index in [0.717, 1.165) is 42.0 Å². The van der Waals surface area contributed by atoms with Crippen molar-refractivity contribution in [3.05, 3.63) is 53.3 Å². The summed E-state index contributed by atoms with van der Waals surface area (Å²) < 4.78 is 5.98. The molecule has 1 aromatic rings. The molecule has 1 aromatic carbocycles. The largest absolute Gasteiger partial charge is 0.494 e. The highest BCUT2D eigenvalue weighted by molar-refractivity contribution is 5.94. The number of ether oxygens (including phenoxy) is 1. The van der Waals surface area contributed by atoms with Crippen LogP contribution in [0, 0.1) is 6.92 Å². The van der Waals surface area contributed by atoms with Gasteiger partial charge in [-0.25, -0.2) is 0 Å².